The van der Waals surface area contributed by atoms with Crippen molar-refractivity contribution in [2.24, 2.45) is 4.99 Å². The van der Waals surface area contributed by atoms with Crippen LogP contribution in [0.5, 0.6) is 5.75 Å². The maximum atomic E-state index is 9.27. The van der Waals surface area contributed by atoms with Crippen LogP contribution < -0.4 is 0 Å². The zero-order valence-electron chi connectivity index (χ0n) is 11.9. The molecule has 22 heavy (non-hydrogen) atoms. The van der Waals surface area contributed by atoms with Crippen LogP contribution in [0, 0.1) is 6.92 Å². The highest BCUT2D eigenvalue weighted by Gasteiger charge is 2.12. The number of aliphatic imine (C=N–C) groups is 1. The van der Waals surface area contributed by atoms with E-state index in [-0.39, 0.29) is 5.75 Å². The van der Waals surface area contributed by atoms with E-state index >= 15 is 0 Å². The number of halogens is 1. The van der Waals surface area contributed by atoms with Crippen molar-refractivity contribution in [2.45, 2.75) is 6.92 Å². The van der Waals surface area contributed by atoms with Gasteiger partial charge < -0.3 is 5.11 Å². The molecule has 1 N–H and O–H groups in total. The lowest BCUT2D eigenvalue weighted by Gasteiger charge is -2.01. The van der Waals surface area contributed by atoms with Gasteiger partial charge in [-0.15, -0.1) is 0 Å². The van der Waals surface area contributed by atoms with Crippen LogP contribution in [0.2, 0.25) is 5.15 Å². The predicted molar refractivity (Wildman–Crippen MR) is 88.7 cm³/mol. The van der Waals surface area contributed by atoms with E-state index < -0.39 is 0 Å². The molecular weight excluding hydrogens is 298 g/mol. The molecule has 0 bridgehead atoms. The van der Waals surface area contributed by atoms with Crippen LogP contribution in [-0.2, 0) is 0 Å². The van der Waals surface area contributed by atoms with Crippen molar-refractivity contribution in [2.75, 3.05) is 0 Å². The first-order valence-electron chi connectivity index (χ1n) is 6.79. The molecule has 3 rings (SSSR count). The molecule has 2 aromatic carbocycles. The van der Waals surface area contributed by atoms with Gasteiger partial charge in [0.1, 0.15) is 10.9 Å². The summed E-state index contributed by atoms with van der Waals surface area (Å²) in [5, 5.41) is 14.3. The number of aromatic nitrogens is 2. The lowest BCUT2D eigenvalue weighted by atomic mass is 10.2. The lowest BCUT2D eigenvalue weighted by Crippen LogP contribution is -1.95. The van der Waals surface area contributed by atoms with E-state index in [1.165, 1.54) is 0 Å². The number of benzene rings is 2. The second kappa shape index (κ2) is 6.03. The minimum atomic E-state index is 0.213. The number of hydrogen-bond acceptors (Lipinski definition) is 3. The normalized spacial score (nSPS) is 11.2. The topological polar surface area (TPSA) is 50.4 Å². The first kappa shape index (κ1) is 14.4. The maximum Gasteiger partial charge on any atom is 0.141 e. The monoisotopic (exact) mass is 311 g/mol. The summed E-state index contributed by atoms with van der Waals surface area (Å²) in [5.74, 6) is 0.213. The number of aromatic hydroxyl groups is 1. The SMILES string of the molecule is Cc1nn(-c2ccccc2)c(Cl)c1C=Nc1ccc(O)cc1. The molecular formula is C17H14ClN3O. The molecule has 0 aliphatic heterocycles. The molecule has 0 amide bonds. The fraction of sp³-hybridized carbons (Fsp3) is 0.0588. The van der Waals surface area contributed by atoms with E-state index in [4.69, 9.17) is 11.6 Å². The molecule has 5 heteroatoms. The van der Waals surface area contributed by atoms with Crippen LogP contribution in [-0.4, -0.2) is 21.1 Å². The number of aryl methyl sites for hydroxylation is 1. The van der Waals surface area contributed by atoms with Gasteiger partial charge in [0.15, 0.2) is 0 Å². The van der Waals surface area contributed by atoms with Crippen molar-refractivity contribution in [1.29, 1.82) is 0 Å². The quantitative estimate of drug-likeness (QED) is 0.734. The molecule has 3 aromatic rings. The third-order valence-electron chi connectivity index (χ3n) is 3.24. The van der Waals surface area contributed by atoms with E-state index in [9.17, 15) is 5.11 Å². The van der Waals surface area contributed by atoms with Gasteiger partial charge in [-0.3, -0.25) is 4.99 Å². The second-order valence-corrected chi connectivity index (χ2v) is 5.17. The van der Waals surface area contributed by atoms with Gasteiger partial charge in [0.2, 0.25) is 0 Å². The van der Waals surface area contributed by atoms with Crippen molar-refractivity contribution >= 4 is 23.5 Å². The minimum absolute atomic E-state index is 0.213. The number of phenolic OH excluding ortho intramolecular Hbond substituents is 1. The molecule has 1 heterocycles. The average molecular weight is 312 g/mol. The number of phenols is 1. The molecule has 0 aliphatic rings. The van der Waals surface area contributed by atoms with Gasteiger partial charge in [-0.2, -0.15) is 5.10 Å². The van der Waals surface area contributed by atoms with Crippen LogP contribution in [0.4, 0.5) is 5.69 Å². The first-order chi connectivity index (χ1) is 10.6. The molecule has 4 nitrogen and oxygen atoms in total. The number of nitrogens with zero attached hydrogens (tertiary/aromatic N) is 3. The Labute approximate surface area is 133 Å². The Morgan fingerprint density at radius 2 is 1.77 bits per heavy atom. The highest BCUT2D eigenvalue weighted by Crippen LogP contribution is 2.23. The molecule has 0 unspecified atom stereocenters. The number of rotatable bonds is 3. The molecule has 0 radical (unpaired) electrons. The predicted octanol–water partition coefficient (Wildman–Crippen LogP) is 4.29. The average Bonchev–Trinajstić information content (AvgIpc) is 2.82. The maximum absolute atomic E-state index is 9.27. The Hall–Kier alpha value is -2.59. The van der Waals surface area contributed by atoms with Crippen molar-refractivity contribution in [1.82, 2.24) is 9.78 Å². The molecule has 0 aliphatic carbocycles. The zero-order chi connectivity index (χ0) is 15.5. The highest BCUT2D eigenvalue weighted by atomic mass is 35.5. The third-order valence-corrected chi connectivity index (χ3v) is 3.60. The van der Waals surface area contributed by atoms with E-state index in [0.29, 0.717) is 5.15 Å². The van der Waals surface area contributed by atoms with Crippen molar-refractivity contribution < 1.29 is 5.11 Å². The summed E-state index contributed by atoms with van der Waals surface area (Å²) in [6.07, 6.45) is 1.69. The molecule has 0 saturated heterocycles. The summed E-state index contributed by atoms with van der Waals surface area (Å²) in [5.41, 5.74) is 3.22. The number of para-hydroxylation sites is 1. The zero-order valence-corrected chi connectivity index (χ0v) is 12.7. The fourth-order valence-electron chi connectivity index (χ4n) is 2.08. The summed E-state index contributed by atoms with van der Waals surface area (Å²) < 4.78 is 1.69. The van der Waals surface area contributed by atoms with E-state index in [2.05, 4.69) is 10.1 Å². The molecule has 1 aromatic heterocycles. The molecule has 110 valence electrons. The van der Waals surface area contributed by atoms with E-state index in [0.717, 1.165) is 22.6 Å². The molecule has 0 fully saturated rings. The van der Waals surface area contributed by atoms with Crippen LogP contribution in [0.15, 0.2) is 59.6 Å². The largest absolute Gasteiger partial charge is 0.508 e. The highest BCUT2D eigenvalue weighted by molar-refractivity contribution is 6.32. The van der Waals surface area contributed by atoms with E-state index in [1.54, 1.807) is 35.2 Å². The van der Waals surface area contributed by atoms with Crippen LogP contribution in [0.1, 0.15) is 11.3 Å². The smallest absolute Gasteiger partial charge is 0.141 e. The van der Waals surface area contributed by atoms with Gasteiger partial charge in [-0.05, 0) is 43.3 Å². The summed E-state index contributed by atoms with van der Waals surface area (Å²) >= 11 is 6.42. The molecule has 0 atom stereocenters. The van der Waals surface area contributed by atoms with Crippen LogP contribution in [0.3, 0.4) is 0 Å². The van der Waals surface area contributed by atoms with Gasteiger partial charge >= 0.3 is 0 Å². The third kappa shape index (κ3) is 2.87. The van der Waals surface area contributed by atoms with Crippen molar-refractivity contribution in [3.63, 3.8) is 0 Å². The molecule has 0 spiro atoms. The standard InChI is InChI=1S/C17H14ClN3O/c1-12-16(11-19-13-7-9-15(22)10-8-13)17(18)21(20-12)14-5-3-2-4-6-14/h2-11,22H,1H3. The summed E-state index contributed by atoms with van der Waals surface area (Å²) in [6, 6.07) is 16.4. The van der Waals surface area contributed by atoms with Gasteiger partial charge in [0.05, 0.1) is 22.6 Å². The Bertz CT molecular complexity index is 808. The Morgan fingerprint density at radius 1 is 1.09 bits per heavy atom. The van der Waals surface area contributed by atoms with Crippen LogP contribution in [0.25, 0.3) is 5.69 Å². The fourth-order valence-corrected chi connectivity index (χ4v) is 2.40. The van der Waals surface area contributed by atoms with Crippen LogP contribution >= 0.6 is 11.6 Å². The van der Waals surface area contributed by atoms with Crippen molar-refractivity contribution in [3.8, 4) is 11.4 Å². The summed E-state index contributed by atoms with van der Waals surface area (Å²) in [7, 11) is 0. The molecule has 0 saturated carbocycles. The second-order valence-electron chi connectivity index (χ2n) is 4.81. The Morgan fingerprint density at radius 3 is 2.45 bits per heavy atom. The van der Waals surface area contributed by atoms with Crippen molar-refractivity contribution in [3.05, 3.63) is 71.0 Å². The van der Waals surface area contributed by atoms with Gasteiger partial charge in [0, 0.05) is 6.21 Å². The minimum Gasteiger partial charge on any atom is -0.508 e. The summed E-state index contributed by atoms with van der Waals surface area (Å²) in [4.78, 5) is 4.37. The Balaban J connectivity index is 1.95. The lowest BCUT2D eigenvalue weighted by molar-refractivity contribution is 0.475. The van der Waals surface area contributed by atoms with E-state index in [1.807, 2.05) is 37.3 Å². The van der Waals surface area contributed by atoms with Gasteiger partial charge in [0.25, 0.3) is 0 Å². The Kier molecular flexibility index (Phi) is 3.94. The number of hydrogen-bond donors (Lipinski definition) is 1. The van der Waals surface area contributed by atoms with Gasteiger partial charge in [-0.25, -0.2) is 4.68 Å². The van der Waals surface area contributed by atoms with Gasteiger partial charge in [-0.1, -0.05) is 29.8 Å². The first-order valence-corrected chi connectivity index (χ1v) is 7.16. The summed E-state index contributed by atoms with van der Waals surface area (Å²) in [6.45, 7) is 1.89.